The van der Waals surface area contributed by atoms with Gasteiger partial charge in [-0.25, -0.2) is 0 Å². The number of thioether (sulfide) groups is 2. The summed E-state index contributed by atoms with van der Waals surface area (Å²) in [5.74, 6) is 2.54. The van der Waals surface area contributed by atoms with Crippen LogP contribution in [-0.2, 0) is 6.42 Å². The van der Waals surface area contributed by atoms with Crippen molar-refractivity contribution in [3.05, 3.63) is 30.7 Å². The zero-order chi connectivity index (χ0) is 28.1. The predicted octanol–water partition coefficient (Wildman–Crippen LogP) is 14.0. The first-order chi connectivity index (χ1) is 19.3. The minimum atomic E-state index is 1.00. The molecule has 1 aromatic carbocycles. The molecule has 0 spiro atoms. The zero-order valence-corrected chi connectivity index (χ0v) is 28.2. The maximum absolute atomic E-state index is 4.18. The summed E-state index contributed by atoms with van der Waals surface area (Å²) in [6, 6.07) is 7.02. The Hall–Kier alpha value is -0.0800. The van der Waals surface area contributed by atoms with E-state index in [0.717, 1.165) is 12.8 Å². The Kier molecular flexibility index (Phi) is 27.9. The summed E-state index contributed by atoms with van der Waals surface area (Å²) in [7, 11) is 0. The van der Waals surface area contributed by atoms with Crippen LogP contribution >= 0.6 is 23.5 Å². The number of hydrogen-bond acceptors (Lipinski definition) is 2. The van der Waals surface area contributed by atoms with Gasteiger partial charge in [0.2, 0.25) is 0 Å². The summed E-state index contributed by atoms with van der Waals surface area (Å²) < 4.78 is 0. The van der Waals surface area contributed by atoms with Gasteiger partial charge in [0.1, 0.15) is 0 Å². The minimum absolute atomic E-state index is 1.00. The fourth-order valence-electron chi connectivity index (χ4n) is 5.49. The molecule has 0 aliphatic carbocycles. The summed E-state index contributed by atoms with van der Waals surface area (Å²) in [5.41, 5.74) is 1.58. The molecule has 1 radical (unpaired) electrons. The van der Waals surface area contributed by atoms with E-state index in [0.29, 0.717) is 0 Å². The topological polar surface area (TPSA) is 0 Å². The average Bonchev–Trinajstić information content (AvgIpc) is 2.95. The Morgan fingerprint density at radius 3 is 1.08 bits per heavy atom. The molecule has 0 aliphatic heterocycles. The molecule has 0 atom stereocenters. The van der Waals surface area contributed by atoms with Crippen molar-refractivity contribution >= 4 is 23.5 Å². The van der Waals surface area contributed by atoms with Gasteiger partial charge in [-0.2, -0.15) is 0 Å². The fourth-order valence-corrected chi connectivity index (χ4v) is 7.81. The quantitative estimate of drug-likeness (QED) is 0.0661. The van der Waals surface area contributed by atoms with Crippen LogP contribution in [0.15, 0.2) is 28.0 Å². The summed E-state index contributed by atoms with van der Waals surface area (Å²) in [6.07, 6.45) is 36.5. The maximum Gasteiger partial charge on any atom is 0.0115 e. The molecule has 1 aromatic rings. The van der Waals surface area contributed by atoms with Crippen LogP contribution in [0.4, 0.5) is 0 Å². The van der Waals surface area contributed by atoms with Gasteiger partial charge in [0, 0.05) is 9.79 Å². The molecule has 0 bridgehead atoms. The van der Waals surface area contributed by atoms with Crippen LogP contribution in [0, 0.1) is 6.92 Å². The van der Waals surface area contributed by atoms with E-state index in [1.54, 1.807) is 5.56 Å². The van der Waals surface area contributed by atoms with Crippen molar-refractivity contribution in [3.8, 4) is 0 Å². The Balaban J connectivity index is 2.11. The number of hydrogen-bond donors (Lipinski definition) is 0. The van der Waals surface area contributed by atoms with Gasteiger partial charge < -0.3 is 0 Å². The lowest BCUT2D eigenvalue weighted by Crippen LogP contribution is -1.94. The van der Waals surface area contributed by atoms with Gasteiger partial charge in [0.15, 0.2) is 0 Å². The van der Waals surface area contributed by atoms with E-state index < -0.39 is 0 Å². The molecule has 1 rings (SSSR count). The number of rotatable bonds is 30. The van der Waals surface area contributed by atoms with Gasteiger partial charge in [0.25, 0.3) is 0 Å². The van der Waals surface area contributed by atoms with E-state index >= 15 is 0 Å². The van der Waals surface area contributed by atoms with E-state index in [1.807, 2.05) is 0 Å². The van der Waals surface area contributed by atoms with Gasteiger partial charge >= 0.3 is 0 Å². The smallest absolute Gasteiger partial charge is 0.0115 e. The molecule has 0 aromatic heterocycles. The SMILES string of the molecule is [CH2]CCc1c(SCCCCCCCCCCCCCC)cccc1SCCCCCCCCCCCCCC. The minimum Gasteiger partial charge on any atom is -0.126 e. The normalized spacial score (nSPS) is 11.5. The van der Waals surface area contributed by atoms with Crippen molar-refractivity contribution < 1.29 is 0 Å². The van der Waals surface area contributed by atoms with Crippen LogP contribution in [0.1, 0.15) is 180 Å². The molecule has 0 amide bonds. The highest BCUT2D eigenvalue weighted by Gasteiger charge is 2.09. The van der Waals surface area contributed by atoms with Crippen LogP contribution < -0.4 is 0 Å². The van der Waals surface area contributed by atoms with Crippen molar-refractivity contribution in [2.24, 2.45) is 0 Å². The van der Waals surface area contributed by atoms with Crippen LogP contribution in [0.5, 0.6) is 0 Å². The van der Waals surface area contributed by atoms with E-state index in [1.165, 1.54) is 175 Å². The highest BCUT2D eigenvalue weighted by molar-refractivity contribution is 8.00. The van der Waals surface area contributed by atoms with Gasteiger partial charge in [-0.05, 0) is 54.9 Å². The molecule has 0 nitrogen and oxygen atoms in total. The first-order valence-corrected chi connectivity index (χ1v) is 19.5. The molecule has 227 valence electrons. The number of unbranched alkanes of at least 4 members (excludes halogenated alkanes) is 22. The van der Waals surface area contributed by atoms with E-state index in [2.05, 4.69) is 62.5 Å². The third-order valence-corrected chi connectivity index (χ3v) is 10.4. The molecule has 0 fully saturated rings. The highest BCUT2D eigenvalue weighted by atomic mass is 32.2. The lowest BCUT2D eigenvalue weighted by molar-refractivity contribution is 0.548. The van der Waals surface area contributed by atoms with Gasteiger partial charge in [-0.15, -0.1) is 23.5 Å². The molecule has 0 unspecified atom stereocenters. The lowest BCUT2D eigenvalue weighted by Gasteiger charge is -2.14. The predicted molar refractivity (Wildman–Crippen MR) is 184 cm³/mol. The van der Waals surface area contributed by atoms with Gasteiger partial charge in [0.05, 0.1) is 0 Å². The summed E-state index contributed by atoms with van der Waals surface area (Å²) in [5, 5.41) is 0. The van der Waals surface area contributed by atoms with Crippen molar-refractivity contribution in [2.45, 2.75) is 191 Å². The zero-order valence-electron chi connectivity index (χ0n) is 26.6. The molecule has 0 saturated carbocycles. The molecule has 0 saturated heterocycles. The van der Waals surface area contributed by atoms with Crippen LogP contribution in [0.25, 0.3) is 0 Å². The first-order valence-electron chi connectivity index (χ1n) is 17.5. The summed E-state index contributed by atoms with van der Waals surface area (Å²) in [6.45, 7) is 8.79. The van der Waals surface area contributed by atoms with E-state index in [-0.39, 0.29) is 0 Å². The Bertz CT molecular complexity index is 578. The first kappa shape index (κ1) is 36.9. The molecule has 2 heteroatoms. The Morgan fingerprint density at radius 2 is 0.769 bits per heavy atom. The van der Waals surface area contributed by atoms with Crippen molar-refractivity contribution in [2.75, 3.05) is 11.5 Å². The molecule has 0 heterocycles. The second-order valence-electron chi connectivity index (χ2n) is 11.8. The molecular formula is C37H67S2. The second-order valence-corrected chi connectivity index (χ2v) is 14.1. The summed E-state index contributed by atoms with van der Waals surface area (Å²) in [4.78, 5) is 3.06. The second kappa shape index (κ2) is 29.4. The van der Waals surface area contributed by atoms with E-state index in [9.17, 15) is 0 Å². The lowest BCUT2D eigenvalue weighted by atomic mass is 10.1. The number of benzene rings is 1. The standard InChI is InChI=1S/C37H67S2/c1-4-7-9-11-13-15-17-19-21-23-25-27-33-38-36-31-29-32-37(35(36)30-6-3)39-34-28-26-24-22-20-18-16-14-12-10-8-5-2/h29,31-32H,3-28,30,33-34H2,1-2H3. The van der Waals surface area contributed by atoms with Crippen LogP contribution in [0.2, 0.25) is 0 Å². The third kappa shape index (κ3) is 22.2. The van der Waals surface area contributed by atoms with Gasteiger partial charge in [-0.1, -0.05) is 168 Å². The van der Waals surface area contributed by atoms with Crippen LogP contribution in [0.3, 0.4) is 0 Å². The van der Waals surface area contributed by atoms with Gasteiger partial charge in [-0.3, -0.25) is 0 Å². The largest absolute Gasteiger partial charge is 0.126 e. The van der Waals surface area contributed by atoms with Crippen molar-refractivity contribution in [3.63, 3.8) is 0 Å². The molecule has 0 aliphatic rings. The summed E-state index contributed by atoms with van der Waals surface area (Å²) >= 11 is 4.21. The molecule has 39 heavy (non-hydrogen) atoms. The molecule has 0 N–H and O–H groups in total. The van der Waals surface area contributed by atoms with E-state index in [4.69, 9.17) is 0 Å². The Morgan fingerprint density at radius 1 is 0.462 bits per heavy atom. The Labute approximate surface area is 255 Å². The van der Waals surface area contributed by atoms with Crippen molar-refractivity contribution in [1.82, 2.24) is 0 Å². The third-order valence-electron chi connectivity index (χ3n) is 8.03. The van der Waals surface area contributed by atoms with Crippen molar-refractivity contribution in [1.29, 1.82) is 0 Å². The molecular weight excluding hydrogens is 509 g/mol. The fraction of sp³-hybridized carbons (Fsp3) is 0.811. The average molecular weight is 576 g/mol. The highest BCUT2D eigenvalue weighted by Crippen LogP contribution is 2.33. The monoisotopic (exact) mass is 575 g/mol. The van der Waals surface area contributed by atoms with Crippen LogP contribution in [-0.4, -0.2) is 11.5 Å². The maximum atomic E-state index is 4.18.